The summed E-state index contributed by atoms with van der Waals surface area (Å²) < 4.78 is 0. The fraction of sp³-hybridized carbons (Fsp3) is 0.929. The molecule has 1 N–H and O–H groups in total. The summed E-state index contributed by atoms with van der Waals surface area (Å²) in [5.74, 6) is 0. The fourth-order valence-electron chi connectivity index (χ4n) is 2.31. The molecule has 2 unspecified atom stereocenters. The minimum absolute atomic E-state index is 0.0981. The predicted octanol–water partition coefficient (Wildman–Crippen LogP) is 3.69. The van der Waals surface area contributed by atoms with Gasteiger partial charge in [0.2, 0.25) is 0 Å². The van der Waals surface area contributed by atoms with Crippen molar-refractivity contribution in [2.24, 2.45) is 0 Å². The molecule has 0 fully saturated rings. The number of nitrogens with one attached hydrogen (secondary N) is 1. The van der Waals surface area contributed by atoms with Crippen molar-refractivity contribution in [3.8, 4) is 0 Å². The smallest absolute Gasteiger partial charge is 0.120 e. The molecule has 0 saturated carbocycles. The Morgan fingerprint density at radius 3 is 1.88 bits per heavy atom. The lowest BCUT2D eigenvalue weighted by Crippen LogP contribution is -2.54. The van der Waals surface area contributed by atoms with E-state index in [-0.39, 0.29) is 11.1 Å². The average Bonchev–Trinajstić information content (AvgIpc) is 2.27. The molecule has 2 heteroatoms. The Morgan fingerprint density at radius 2 is 1.50 bits per heavy atom. The minimum atomic E-state index is 0.0981. The zero-order valence-electron chi connectivity index (χ0n) is 11.7. The van der Waals surface area contributed by atoms with Crippen molar-refractivity contribution in [1.29, 1.82) is 0 Å². The van der Waals surface area contributed by atoms with Gasteiger partial charge in [-0.05, 0) is 39.5 Å². The van der Waals surface area contributed by atoms with Crippen LogP contribution in [0.1, 0.15) is 73.1 Å². The highest BCUT2D eigenvalue weighted by molar-refractivity contribution is 5.49. The molecule has 96 valence electrons. The molecule has 2 atom stereocenters. The van der Waals surface area contributed by atoms with Gasteiger partial charge in [0.15, 0.2) is 0 Å². The lowest BCUT2D eigenvalue weighted by molar-refractivity contribution is -0.108. The van der Waals surface area contributed by atoms with Crippen LogP contribution in [0.4, 0.5) is 0 Å². The third kappa shape index (κ3) is 5.11. The molecule has 2 nitrogen and oxygen atoms in total. The van der Waals surface area contributed by atoms with E-state index in [9.17, 15) is 4.79 Å². The van der Waals surface area contributed by atoms with Crippen molar-refractivity contribution in [3.63, 3.8) is 0 Å². The molecular weight excluding hydrogens is 198 g/mol. The standard InChI is InChI=1S/C14H29NO/c1-6-10-13(4,7-2)15-14(5,8-3)11-9-12-16/h12,15H,6-11H2,1-5H3. The largest absolute Gasteiger partial charge is 0.306 e. The maximum absolute atomic E-state index is 10.5. The van der Waals surface area contributed by atoms with Gasteiger partial charge >= 0.3 is 0 Å². The monoisotopic (exact) mass is 227 g/mol. The molecule has 0 saturated heterocycles. The first-order chi connectivity index (χ1) is 7.45. The molecule has 0 radical (unpaired) electrons. The van der Waals surface area contributed by atoms with Gasteiger partial charge in [0.1, 0.15) is 6.29 Å². The number of hydrogen-bond donors (Lipinski definition) is 1. The normalized spacial score (nSPS) is 18.8. The van der Waals surface area contributed by atoms with Crippen molar-refractivity contribution in [2.75, 3.05) is 0 Å². The summed E-state index contributed by atoms with van der Waals surface area (Å²) in [6.45, 7) is 11.2. The van der Waals surface area contributed by atoms with Gasteiger partial charge in [0.05, 0.1) is 0 Å². The Bertz CT molecular complexity index is 205. The van der Waals surface area contributed by atoms with Crippen molar-refractivity contribution in [2.45, 2.75) is 84.2 Å². The van der Waals surface area contributed by atoms with Crippen LogP contribution in [0.5, 0.6) is 0 Å². The van der Waals surface area contributed by atoms with Crippen LogP contribution in [0.25, 0.3) is 0 Å². The van der Waals surface area contributed by atoms with Crippen LogP contribution in [-0.2, 0) is 4.79 Å². The molecular formula is C14H29NO. The second kappa shape index (κ2) is 7.05. The van der Waals surface area contributed by atoms with Gasteiger partial charge in [-0.2, -0.15) is 0 Å². The number of aldehydes is 1. The van der Waals surface area contributed by atoms with E-state index in [1.165, 1.54) is 12.8 Å². The first-order valence-electron chi connectivity index (χ1n) is 6.68. The van der Waals surface area contributed by atoms with Gasteiger partial charge in [-0.3, -0.25) is 0 Å². The number of rotatable bonds is 9. The zero-order valence-corrected chi connectivity index (χ0v) is 11.7. The van der Waals surface area contributed by atoms with E-state index < -0.39 is 0 Å². The summed E-state index contributed by atoms with van der Waals surface area (Å²) >= 11 is 0. The van der Waals surface area contributed by atoms with Crippen LogP contribution in [0, 0.1) is 0 Å². The average molecular weight is 227 g/mol. The molecule has 0 spiro atoms. The molecule has 0 rings (SSSR count). The topological polar surface area (TPSA) is 29.1 Å². The number of carbonyl (C=O) groups is 1. The van der Waals surface area contributed by atoms with Crippen LogP contribution < -0.4 is 5.32 Å². The van der Waals surface area contributed by atoms with Crippen LogP contribution in [0.15, 0.2) is 0 Å². The third-order valence-electron chi connectivity index (χ3n) is 3.78. The second-order valence-corrected chi connectivity index (χ2v) is 5.41. The predicted molar refractivity (Wildman–Crippen MR) is 70.7 cm³/mol. The van der Waals surface area contributed by atoms with E-state index in [0.717, 1.165) is 25.5 Å². The van der Waals surface area contributed by atoms with E-state index in [2.05, 4.69) is 39.9 Å². The van der Waals surface area contributed by atoms with E-state index in [1.54, 1.807) is 0 Å². The maximum Gasteiger partial charge on any atom is 0.120 e. The quantitative estimate of drug-likeness (QED) is 0.609. The first-order valence-corrected chi connectivity index (χ1v) is 6.68. The van der Waals surface area contributed by atoms with E-state index in [1.807, 2.05) is 0 Å². The highest BCUT2D eigenvalue weighted by Gasteiger charge is 2.30. The SMILES string of the molecule is CCCC(C)(CC)NC(C)(CC)CCC=O. The Balaban J connectivity index is 4.52. The lowest BCUT2D eigenvalue weighted by Gasteiger charge is -2.41. The fourth-order valence-corrected chi connectivity index (χ4v) is 2.31. The highest BCUT2D eigenvalue weighted by Crippen LogP contribution is 2.25. The molecule has 0 aromatic carbocycles. The highest BCUT2D eigenvalue weighted by atomic mass is 16.1. The minimum Gasteiger partial charge on any atom is -0.306 e. The van der Waals surface area contributed by atoms with Gasteiger partial charge in [-0.25, -0.2) is 0 Å². The van der Waals surface area contributed by atoms with E-state index in [4.69, 9.17) is 0 Å². The van der Waals surface area contributed by atoms with Crippen LogP contribution in [-0.4, -0.2) is 17.4 Å². The van der Waals surface area contributed by atoms with Gasteiger partial charge in [-0.15, -0.1) is 0 Å². The zero-order chi connectivity index (χ0) is 12.7. The summed E-state index contributed by atoms with van der Waals surface area (Å²) in [4.78, 5) is 10.5. The Labute approximate surface area is 101 Å². The van der Waals surface area contributed by atoms with E-state index >= 15 is 0 Å². The van der Waals surface area contributed by atoms with Crippen LogP contribution >= 0.6 is 0 Å². The maximum atomic E-state index is 10.5. The van der Waals surface area contributed by atoms with Gasteiger partial charge < -0.3 is 10.1 Å². The molecule has 0 aliphatic heterocycles. The first kappa shape index (κ1) is 15.6. The molecule has 16 heavy (non-hydrogen) atoms. The molecule has 0 aliphatic rings. The van der Waals surface area contributed by atoms with Gasteiger partial charge in [0.25, 0.3) is 0 Å². The van der Waals surface area contributed by atoms with Crippen LogP contribution in [0.3, 0.4) is 0 Å². The Hall–Kier alpha value is -0.370. The number of hydrogen-bond acceptors (Lipinski definition) is 2. The molecule has 0 heterocycles. The third-order valence-corrected chi connectivity index (χ3v) is 3.78. The van der Waals surface area contributed by atoms with Crippen molar-refractivity contribution < 1.29 is 4.79 Å². The van der Waals surface area contributed by atoms with Crippen molar-refractivity contribution in [1.82, 2.24) is 5.32 Å². The second-order valence-electron chi connectivity index (χ2n) is 5.41. The molecule has 0 bridgehead atoms. The summed E-state index contributed by atoms with van der Waals surface area (Å²) in [6, 6.07) is 0. The summed E-state index contributed by atoms with van der Waals surface area (Å²) in [5.41, 5.74) is 0.309. The van der Waals surface area contributed by atoms with Gasteiger partial charge in [0, 0.05) is 17.5 Å². The van der Waals surface area contributed by atoms with Gasteiger partial charge in [-0.1, -0.05) is 27.2 Å². The Morgan fingerprint density at radius 1 is 1.00 bits per heavy atom. The summed E-state index contributed by atoms with van der Waals surface area (Å²) in [6.07, 6.45) is 7.22. The van der Waals surface area contributed by atoms with Crippen molar-refractivity contribution >= 4 is 6.29 Å². The number of carbonyl (C=O) groups excluding carboxylic acids is 1. The molecule has 0 aliphatic carbocycles. The van der Waals surface area contributed by atoms with Crippen LogP contribution in [0.2, 0.25) is 0 Å². The lowest BCUT2D eigenvalue weighted by atomic mass is 9.85. The Kier molecular flexibility index (Phi) is 6.89. The molecule has 0 amide bonds. The summed E-state index contributed by atoms with van der Waals surface area (Å²) in [5, 5.41) is 3.78. The molecule has 0 aromatic heterocycles. The molecule has 0 aromatic rings. The van der Waals surface area contributed by atoms with E-state index in [0.29, 0.717) is 6.42 Å². The van der Waals surface area contributed by atoms with Crippen molar-refractivity contribution in [3.05, 3.63) is 0 Å². The summed E-state index contributed by atoms with van der Waals surface area (Å²) in [7, 11) is 0.